The Morgan fingerprint density at radius 2 is 1.72 bits per heavy atom. The molecule has 162 valence electrons. The van der Waals surface area contributed by atoms with E-state index >= 15 is 0 Å². The second-order valence-electron chi connectivity index (χ2n) is 6.88. The molecule has 1 heterocycles. The first-order chi connectivity index (χ1) is 15.5. The summed E-state index contributed by atoms with van der Waals surface area (Å²) in [7, 11) is 1.48. The molecule has 2 amide bonds. The molecule has 1 aliphatic heterocycles. The first-order valence-electron chi connectivity index (χ1n) is 9.64. The van der Waals surface area contributed by atoms with Gasteiger partial charge in [0.05, 0.1) is 12.8 Å². The summed E-state index contributed by atoms with van der Waals surface area (Å²) in [5, 5.41) is 2.12. The molecule has 0 radical (unpaired) electrons. The van der Waals surface area contributed by atoms with Crippen molar-refractivity contribution in [3.63, 3.8) is 0 Å². The summed E-state index contributed by atoms with van der Waals surface area (Å²) in [6.07, 6.45) is 1.44. The normalized spacial score (nSPS) is 14.6. The van der Waals surface area contributed by atoms with Gasteiger partial charge in [-0.05, 0) is 30.3 Å². The van der Waals surface area contributed by atoms with Gasteiger partial charge in [0.2, 0.25) is 0 Å². The van der Waals surface area contributed by atoms with E-state index in [1.807, 2.05) is 24.3 Å². The molecule has 1 aliphatic rings. The molecule has 0 unspecified atom stereocenters. The monoisotopic (exact) mass is 468 g/mol. The Labute approximate surface area is 194 Å². The van der Waals surface area contributed by atoms with Crippen LogP contribution in [0.3, 0.4) is 0 Å². The third-order valence-electron chi connectivity index (χ3n) is 4.80. The van der Waals surface area contributed by atoms with Gasteiger partial charge >= 0.3 is 0 Å². The molecule has 8 heteroatoms. The van der Waals surface area contributed by atoms with E-state index in [0.29, 0.717) is 32.8 Å². The Kier molecular flexibility index (Phi) is 6.35. The van der Waals surface area contributed by atoms with Gasteiger partial charge in [0.15, 0.2) is 11.5 Å². The van der Waals surface area contributed by atoms with E-state index in [1.54, 1.807) is 42.5 Å². The van der Waals surface area contributed by atoms with E-state index in [-0.39, 0.29) is 12.2 Å². The van der Waals surface area contributed by atoms with Crippen molar-refractivity contribution in [1.82, 2.24) is 5.43 Å². The molecule has 0 atom stereocenters. The number of carbonyl (C=O) groups excluding carboxylic acids is 2. The van der Waals surface area contributed by atoms with Crippen LogP contribution < -0.4 is 19.9 Å². The van der Waals surface area contributed by atoms with Gasteiger partial charge in [0, 0.05) is 27.2 Å². The molecule has 6 nitrogen and oxygen atoms in total. The third-order valence-corrected chi connectivity index (χ3v) is 5.39. The Balaban J connectivity index is 1.70. The highest BCUT2D eigenvalue weighted by atomic mass is 35.5. The summed E-state index contributed by atoms with van der Waals surface area (Å²) in [5.74, 6) is -0.322. The van der Waals surface area contributed by atoms with E-state index in [9.17, 15) is 9.59 Å². The smallest absolute Gasteiger partial charge is 0.282 e. The zero-order valence-corrected chi connectivity index (χ0v) is 18.5. The Hall–Kier alpha value is -3.48. The number of hydrogen-bond donors (Lipinski definition) is 1. The van der Waals surface area contributed by atoms with Crippen LogP contribution >= 0.6 is 23.2 Å². The molecule has 0 aromatic heterocycles. The average Bonchev–Trinajstić information content (AvgIpc) is 3.08. The lowest BCUT2D eigenvalue weighted by Gasteiger charge is -2.15. The van der Waals surface area contributed by atoms with Crippen molar-refractivity contribution < 1.29 is 19.1 Å². The highest BCUT2D eigenvalue weighted by Gasteiger charge is 2.34. The van der Waals surface area contributed by atoms with E-state index in [4.69, 9.17) is 32.7 Å². The summed E-state index contributed by atoms with van der Waals surface area (Å²) in [6, 6.07) is 19.3. The van der Waals surface area contributed by atoms with E-state index in [1.165, 1.54) is 18.2 Å². The minimum absolute atomic E-state index is 0.0548. The number of hydrogen-bond acceptors (Lipinski definition) is 4. The predicted molar refractivity (Wildman–Crippen MR) is 124 cm³/mol. The summed E-state index contributed by atoms with van der Waals surface area (Å²) in [4.78, 5) is 25.5. The number of hydrazine groups is 1. The van der Waals surface area contributed by atoms with Crippen LogP contribution in [0.25, 0.3) is 6.08 Å². The molecule has 1 N–H and O–H groups in total. The van der Waals surface area contributed by atoms with Crippen LogP contribution in [0, 0.1) is 0 Å². The van der Waals surface area contributed by atoms with Gasteiger partial charge in [0.25, 0.3) is 11.8 Å². The number of benzene rings is 3. The summed E-state index contributed by atoms with van der Waals surface area (Å²) in [6.45, 7) is 0.157. The van der Waals surface area contributed by atoms with Gasteiger partial charge in [-0.15, -0.1) is 0 Å². The SMILES string of the molecule is COc1cc(Cl)cc(C=C2C(=O)NN(c3ccccc3)C2=O)c1OCc1ccccc1Cl. The fourth-order valence-electron chi connectivity index (χ4n) is 3.24. The topological polar surface area (TPSA) is 67.9 Å². The molecule has 0 saturated carbocycles. The average molecular weight is 469 g/mol. The van der Waals surface area contributed by atoms with Gasteiger partial charge < -0.3 is 9.47 Å². The number of methoxy groups -OCH3 is 1. The number of amides is 2. The number of anilines is 1. The highest BCUT2D eigenvalue weighted by Crippen LogP contribution is 2.37. The van der Waals surface area contributed by atoms with Gasteiger partial charge in [-0.3, -0.25) is 15.0 Å². The summed E-state index contributed by atoms with van der Waals surface area (Å²) >= 11 is 12.5. The molecule has 0 spiro atoms. The molecule has 3 aromatic rings. The quantitative estimate of drug-likeness (QED) is 0.406. The zero-order valence-electron chi connectivity index (χ0n) is 17.0. The summed E-state index contributed by atoms with van der Waals surface area (Å²) in [5.41, 5.74) is 4.27. The van der Waals surface area contributed by atoms with Crippen molar-refractivity contribution in [3.05, 3.63) is 93.5 Å². The Morgan fingerprint density at radius 1 is 1.00 bits per heavy atom. The number of halogens is 2. The second-order valence-corrected chi connectivity index (χ2v) is 7.73. The van der Waals surface area contributed by atoms with Crippen LogP contribution in [-0.4, -0.2) is 18.9 Å². The second kappa shape index (κ2) is 9.34. The van der Waals surface area contributed by atoms with Gasteiger partial charge in [0.1, 0.15) is 12.2 Å². The Morgan fingerprint density at radius 3 is 2.44 bits per heavy atom. The number of ether oxygens (including phenoxy) is 2. The van der Waals surface area contributed by atoms with Crippen molar-refractivity contribution in [1.29, 1.82) is 0 Å². The number of nitrogens with one attached hydrogen (secondary N) is 1. The minimum Gasteiger partial charge on any atom is -0.493 e. The van der Waals surface area contributed by atoms with Gasteiger partial charge in [-0.1, -0.05) is 59.6 Å². The molecule has 3 aromatic carbocycles. The van der Waals surface area contributed by atoms with Crippen LogP contribution in [-0.2, 0) is 16.2 Å². The van der Waals surface area contributed by atoms with Crippen LogP contribution in [0.15, 0.2) is 72.3 Å². The molecule has 1 saturated heterocycles. The molecule has 0 aliphatic carbocycles. The fourth-order valence-corrected chi connectivity index (χ4v) is 3.65. The maximum atomic E-state index is 12.9. The van der Waals surface area contributed by atoms with Gasteiger partial charge in [-0.25, -0.2) is 5.01 Å². The number of nitrogens with zero attached hydrogens (tertiary/aromatic N) is 1. The van der Waals surface area contributed by atoms with E-state index < -0.39 is 11.8 Å². The largest absolute Gasteiger partial charge is 0.493 e. The molecule has 32 heavy (non-hydrogen) atoms. The van der Waals surface area contributed by atoms with Crippen LogP contribution in [0.5, 0.6) is 11.5 Å². The highest BCUT2D eigenvalue weighted by molar-refractivity contribution is 6.33. The number of carbonyl (C=O) groups is 2. The molecular weight excluding hydrogens is 451 g/mol. The van der Waals surface area contributed by atoms with Crippen molar-refractivity contribution >= 4 is 46.8 Å². The summed E-state index contributed by atoms with van der Waals surface area (Å²) < 4.78 is 11.4. The van der Waals surface area contributed by atoms with Crippen LogP contribution in [0.4, 0.5) is 5.69 Å². The molecule has 0 bridgehead atoms. The van der Waals surface area contributed by atoms with Crippen molar-refractivity contribution in [2.75, 3.05) is 12.1 Å². The van der Waals surface area contributed by atoms with E-state index in [0.717, 1.165) is 5.56 Å². The fraction of sp³-hybridized carbons (Fsp3) is 0.0833. The lowest BCUT2D eigenvalue weighted by Crippen LogP contribution is -2.35. The first kappa shape index (κ1) is 21.7. The lowest BCUT2D eigenvalue weighted by molar-refractivity contribution is -0.117. The van der Waals surface area contributed by atoms with E-state index in [2.05, 4.69) is 5.43 Å². The molecular formula is C24H18Cl2N2O4. The number of para-hydroxylation sites is 1. The predicted octanol–water partition coefficient (Wildman–Crippen LogP) is 5.04. The standard InChI is InChI=1S/C24H18Cl2N2O4/c1-31-21-13-17(25)11-16(22(21)32-14-15-7-5-6-10-20(15)26)12-19-23(29)27-28(24(19)30)18-8-3-2-4-9-18/h2-13H,14H2,1H3,(H,27,29). The first-order valence-corrected chi connectivity index (χ1v) is 10.4. The zero-order chi connectivity index (χ0) is 22.7. The van der Waals surface area contributed by atoms with Gasteiger partial charge in [-0.2, -0.15) is 0 Å². The lowest BCUT2D eigenvalue weighted by atomic mass is 10.1. The third kappa shape index (κ3) is 4.42. The molecule has 1 fully saturated rings. The van der Waals surface area contributed by atoms with Crippen LogP contribution in [0.2, 0.25) is 10.0 Å². The molecule has 4 rings (SSSR count). The van der Waals surface area contributed by atoms with Crippen molar-refractivity contribution in [3.8, 4) is 11.5 Å². The van der Waals surface area contributed by atoms with Crippen molar-refractivity contribution in [2.24, 2.45) is 0 Å². The van der Waals surface area contributed by atoms with Crippen molar-refractivity contribution in [2.45, 2.75) is 6.61 Å². The maximum absolute atomic E-state index is 12.9. The number of rotatable bonds is 6. The maximum Gasteiger partial charge on any atom is 0.282 e. The van der Waals surface area contributed by atoms with Crippen LogP contribution in [0.1, 0.15) is 11.1 Å². The minimum atomic E-state index is -0.533. The Bertz CT molecular complexity index is 1210.